The van der Waals surface area contributed by atoms with Crippen LogP contribution in [0.2, 0.25) is 0 Å². The molecule has 5 heteroatoms. The molecule has 0 aromatic heterocycles. The zero-order chi connectivity index (χ0) is 15.5. The third-order valence-electron chi connectivity index (χ3n) is 3.27. The summed E-state index contributed by atoms with van der Waals surface area (Å²) in [6.45, 7) is 0.671. The van der Waals surface area contributed by atoms with Gasteiger partial charge in [-0.2, -0.15) is 0 Å². The Morgan fingerprint density at radius 1 is 1.10 bits per heavy atom. The van der Waals surface area contributed by atoms with Crippen molar-refractivity contribution in [3.05, 3.63) is 35.9 Å². The topological polar surface area (TPSA) is 92.4 Å². The summed E-state index contributed by atoms with van der Waals surface area (Å²) in [5, 5.41) is 11.8. The number of carboxylic acid groups (broad SMARTS) is 1. The van der Waals surface area contributed by atoms with Gasteiger partial charge in [-0.25, -0.2) is 4.79 Å². The number of carbonyl (C=O) groups is 2. The lowest BCUT2D eigenvalue weighted by molar-refractivity contribution is -0.141. The molecule has 0 aliphatic heterocycles. The zero-order valence-electron chi connectivity index (χ0n) is 12.3. The number of nitrogens with two attached hydrogens (primary N) is 1. The lowest BCUT2D eigenvalue weighted by Gasteiger charge is -2.14. The molecule has 116 valence electrons. The molecule has 0 bridgehead atoms. The average molecular weight is 292 g/mol. The van der Waals surface area contributed by atoms with Crippen molar-refractivity contribution < 1.29 is 14.7 Å². The molecule has 1 aromatic carbocycles. The summed E-state index contributed by atoms with van der Waals surface area (Å²) >= 11 is 0. The molecule has 0 saturated carbocycles. The molecule has 0 aliphatic rings. The first-order chi connectivity index (χ1) is 10.1. The van der Waals surface area contributed by atoms with Crippen LogP contribution in [0.4, 0.5) is 0 Å². The summed E-state index contributed by atoms with van der Waals surface area (Å²) in [7, 11) is 0. The van der Waals surface area contributed by atoms with Crippen LogP contribution in [0, 0.1) is 0 Å². The maximum Gasteiger partial charge on any atom is 0.326 e. The van der Waals surface area contributed by atoms with Crippen LogP contribution in [0.25, 0.3) is 0 Å². The molecule has 4 N–H and O–H groups in total. The molecule has 0 saturated heterocycles. The number of amides is 1. The number of carboxylic acids is 1. The second-order valence-electron chi connectivity index (χ2n) is 5.10. The highest BCUT2D eigenvalue weighted by molar-refractivity contribution is 5.83. The average Bonchev–Trinajstić information content (AvgIpc) is 2.47. The monoisotopic (exact) mass is 292 g/mol. The van der Waals surface area contributed by atoms with Gasteiger partial charge in [0.2, 0.25) is 5.91 Å². The predicted octanol–water partition coefficient (Wildman–Crippen LogP) is 1.71. The Balaban J connectivity index is 2.36. The van der Waals surface area contributed by atoms with Crippen molar-refractivity contribution in [2.24, 2.45) is 5.73 Å². The first-order valence-electron chi connectivity index (χ1n) is 7.39. The van der Waals surface area contributed by atoms with Crippen molar-refractivity contribution in [3.63, 3.8) is 0 Å². The third kappa shape index (κ3) is 7.46. The lowest BCUT2D eigenvalue weighted by Crippen LogP contribution is -2.42. The number of rotatable bonds is 10. The maximum absolute atomic E-state index is 11.8. The SMILES string of the molecule is NCCCCCCC(=O)NC(Cc1ccccc1)C(=O)O. The number of benzene rings is 1. The van der Waals surface area contributed by atoms with E-state index >= 15 is 0 Å². The Morgan fingerprint density at radius 2 is 1.76 bits per heavy atom. The molecule has 1 aromatic rings. The summed E-state index contributed by atoms with van der Waals surface area (Å²) in [5.74, 6) is -1.21. The van der Waals surface area contributed by atoms with E-state index in [2.05, 4.69) is 5.32 Å². The molecule has 0 heterocycles. The highest BCUT2D eigenvalue weighted by Gasteiger charge is 2.19. The van der Waals surface area contributed by atoms with Crippen molar-refractivity contribution in [1.82, 2.24) is 5.32 Å². The van der Waals surface area contributed by atoms with E-state index in [1.807, 2.05) is 30.3 Å². The fraction of sp³-hybridized carbons (Fsp3) is 0.500. The van der Waals surface area contributed by atoms with E-state index in [0.717, 1.165) is 31.2 Å². The predicted molar refractivity (Wildman–Crippen MR) is 81.9 cm³/mol. The standard InChI is InChI=1S/C16H24N2O3/c17-11-7-2-1-6-10-15(19)18-14(16(20)21)12-13-8-4-3-5-9-13/h3-5,8-9,14H,1-2,6-7,10-12,17H2,(H,18,19)(H,20,21). The van der Waals surface area contributed by atoms with Crippen LogP contribution in [0.5, 0.6) is 0 Å². The number of carbonyl (C=O) groups excluding carboxylic acids is 1. The van der Waals surface area contributed by atoms with Crippen molar-refractivity contribution in [2.75, 3.05) is 6.54 Å². The second-order valence-corrected chi connectivity index (χ2v) is 5.10. The molecule has 0 spiro atoms. The van der Waals surface area contributed by atoms with Gasteiger partial charge in [-0.05, 0) is 24.9 Å². The maximum atomic E-state index is 11.8. The van der Waals surface area contributed by atoms with E-state index in [-0.39, 0.29) is 5.91 Å². The van der Waals surface area contributed by atoms with Crippen molar-refractivity contribution in [3.8, 4) is 0 Å². The molecule has 21 heavy (non-hydrogen) atoms. The molecule has 1 amide bonds. The van der Waals surface area contributed by atoms with Crippen LogP contribution in [-0.4, -0.2) is 29.6 Å². The number of unbranched alkanes of at least 4 members (excludes halogenated alkanes) is 3. The number of aliphatic carboxylic acids is 1. The molecular weight excluding hydrogens is 268 g/mol. The van der Waals surface area contributed by atoms with Crippen molar-refractivity contribution in [1.29, 1.82) is 0 Å². The van der Waals surface area contributed by atoms with E-state index in [9.17, 15) is 14.7 Å². The largest absolute Gasteiger partial charge is 0.480 e. The Labute approximate surface area is 125 Å². The van der Waals surface area contributed by atoms with Crippen LogP contribution in [0.15, 0.2) is 30.3 Å². The minimum absolute atomic E-state index is 0.203. The van der Waals surface area contributed by atoms with Gasteiger partial charge in [-0.1, -0.05) is 43.2 Å². The summed E-state index contributed by atoms with van der Waals surface area (Å²) < 4.78 is 0. The molecule has 0 fully saturated rings. The summed E-state index contributed by atoms with van der Waals surface area (Å²) in [6.07, 6.45) is 4.35. The molecule has 1 unspecified atom stereocenters. The Morgan fingerprint density at radius 3 is 2.38 bits per heavy atom. The molecule has 1 atom stereocenters. The molecule has 0 aliphatic carbocycles. The quantitative estimate of drug-likeness (QED) is 0.572. The fourth-order valence-electron chi connectivity index (χ4n) is 2.10. The van der Waals surface area contributed by atoms with E-state index < -0.39 is 12.0 Å². The first-order valence-corrected chi connectivity index (χ1v) is 7.39. The number of hydrogen-bond acceptors (Lipinski definition) is 3. The Bertz CT molecular complexity index is 434. The van der Waals surface area contributed by atoms with Gasteiger partial charge >= 0.3 is 5.97 Å². The van der Waals surface area contributed by atoms with Gasteiger partial charge in [0.05, 0.1) is 0 Å². The Hall–Kier alpha value is -1.88. The van der Waals surface area contributed by atoms with Gasteiger partial charge in [0.25, 0.3) is 0 Å². The van der Waals surface area contributed by atoms with Crippen molar-refractivity contribution >= 4 is 11.9 Å². The summed E-state index contributed by atoms with van der Waals surface area (Å²) in [5.41, 5.74) is 6.29. The smallest absolute Gasteiger partial charge is 0.326 e. The third-order valence-corrected chi connectivity index (χ3v) is 3.27. The second kappa shape index (κ2) is 9.94. The number of hydrogen-bond donors (Lipinski definition) is 3. The van der Waals surface area contributed by atoms with Crippen LogP contribution in [0.3, 0.4) is 0 Å². The molecular formula is C16H24N2O3. The molecule has 0 radical (unpaired) electrons. The fourth-order valence-corrected chi connectivity index (χ4v) is 2.10. The lowest BCUT2D eigenvalue weighted by atomic mass is 10.1. The van der Waals surface area contributed by atoms with Crippen LogP contribution >= 0.6 is 0 Å². The normalized spacial score (nSPS) is 11.9. The van der Waals surface area contributed by atoms with E-state index in [0.29, 0.717) is 19.4 Å². The van der Waals surface area contributed by atoms with E-state index in [1.165, 1.54) is 0 Å². The first kappa shape index (κ1) is 17.2. The highest BCUT2D eigenvalue weighted by atomic mass is 16.4. The van der Waals surface area contributed by atoms with Gasteiger partial charge < -0.3 is 16.2 Å². The minimum Gasteiger partial charge on any atom is -0.480 e. The van der Waals surface area contributed by atoms with Gasteiger partial charge in [-0.3, -0.25) is 4.79 Å². The highest BCUT2D eigenvalue weighted by Crippen LogP contribution is 2.06. The van der Waals surface area contributed by atoms with E-state index in [4.69, 9.17) is 5.73 Å². The van der Waals surface area contributed by atoms with Gasteiger partial charge in [-0.15, -0.1) is 0 Å². The van der Waals surface area contributed by atoms with E-state index in [1.54, 1.807) is 0 Å². The van der Waals surface area contributed by atoms with Crippen LogP contribution < -0.4 is 11.1 Å². The van der Waals surface area contributed by atoms with Crippen LogP contribution in [0.1, 0.15) is 37.7 Å². The van der Waals surface area contributed by atoms with Gasteiger partial charge in [0.15, 0.2) is 0 Å². The summed E-state index contributed by atoms with van der Waals surface area (Å²) in [6, 6.07) is 8.42. The van der Waals surface area contributed by atoms with Gasteiger partial charge in [0.1, 0.15) is 6.04 Å². The minimum atomic E-state index is -1.00. The molecule has 5 nitrogen and oxygen atoms in total. The summed E-state index contributed by atoms with van der Waals surface area (Å²) in [4.78, 5) is 23.0. The zero-order valence-corrected chi connectivity index (χ0v) is 12.3. The molecule has 1 rings (SSSR count). The number of nitrogens with one attached hydrogen (secondary N) is 1. The van der Waals surface area contributed by atoms with Crippen LogP contribution in [-0.2, 0) is 16.0 Å². The van der Waals surface area contributed by atoms with Gasteiger partial charge in [0, 0.05) is 12.8 Å². The Kier molecular flexibility index (Phi) is 8.12. The van der Waals surface area contributed by atoms with Crippen molar-refractivity contribution in [2.45, 2.75) is 44.6 Å².